The number of alkyl halides is 1. The fraction of sp³-hybridized carbons (Fsp3) is 0.500. The summed E-state index contributed by atoms with van der Waals surface area (Å²) in [6.45, 7) is 3.52. The van der Waals surface area contributed by atoms with Crippen LogP contribution in [0.15, 0.2) is 18.2 Å². The first-order valence-corrected chi connectivity index (χ1v) is 7.39. The van der Waals surface area contributed by atoms with Gasteiger partial charge in [-0.15, -0.1) is 0 Å². The van der Waals surface area contributed by atoms with Crippen LogP contribution in [0, 0.1) is 12.8 Å². The van der Waals surface area contributed by atoms with E-state index in [1.807, 2.05) is 11.8 Å². The second-order valence-corrected chi connectivity index (χ2v) is 5.56. The zero-order valence-corrected chi connectivity index (χ0v) is 12.1. The molecule has 0 aromatic heterocycles. The third kappa shape index (κ3) is 2.86. The molecule has 1 aromatic carbocycles. The molecule has 2 rings (SSSR count). The molecule has 0 bridgehead atoms. The van der Waals surface area contributed by atoms with Crippen molar-refractivity contribution in [1.29, 1.82) is 0 Å². The summed E-state index contributed by atoms with van der Waals surface area (Å²) >= 11 is 3.50. The number of phenolic OH excluding ortho intramolecular Hbond substituents is 1. The molecule has 3 nitrogen and oxygen atoms in total. The van der Waals surface area contributed by atoms with Gasteiger partial charge in [0.05, 0.1) is 0 Å². The smallest absolute Gasteiger partial charge is 0.254 e. The lowest BCUT2D eigenvalue weighted by atomic mass is 9.98. The van der Waals surface area contributed by atoms with Crippen LogP contribution in [0.25, 0.3) is 0 Å². The number of halogens is 1. The van der Waals surface area contributed by atoms with Crippen LogP contribution in [0.2, 0.25) is 0 Å². The number of rotatable bonds is 2. The minimum absolute atomic E-state index is 0.0816. The molecule has 0 saturated carbocycles. The SMILES string of the molecule is Cc1cc(O)ccc1C(=O)N1CCCC(CBr)C1. The Morgan fingerprint density at radius 2 is 2.33 bits per heavy atom. The third-order valence-electron chi connectivity index (χ3n) is 3.46. The Kier molecular flexibility index (Phi) is 4.27. The maximum absolute atomic E-state index is 12.4. The van der Waals surface area contributed by atoms with Crippen molar-refractivity contribution in [3.8, 4) is 5.75 Å². The van der Waals surface area contributed by atoms with E-state index in [-0.39, 0.29) is 11.7 Å². The van der Waals surface area contributed by atoms with E-state index in [1.54, 1.807) is 18.2 Å². The molecule has 1 N–H and O–H groups in total. The van der Waals surface area contributed by atoms with Gasteiger partial charge in [0.25, 0.3) is 5.91 Å². The Labute approximate surface area is 116 Å². The fourth-order valence-electron chi connectivity index (χ4n) is 2.43. The van der Waals surface area contributed by atoms with Crippen molar-refractivity contribution in [2.75, 3.05) is 18.4 Å². The quantitative estimate of drug-likeness (QED) is 0.853. The molecule has 1 aliphatic heterocycles. The number of aryl methyl sites for hydroxylation is 1. The molecule has 0 radical (unpaired) electrons. The van der Waals surface area contributed by atoms with E-state index in [2.05, 4.69) is 15.9 Å². The Morgan fingerprint density at radius 3 is 3.00 bits per heavy atom. The van der Waals surface area contributed by atoms with Gasteiger partial charge in [-0.1, -0.05) is 15.9 Å². The number of aromatic hydroxyl groups is 1. The zero-order chi connectivity index (χ0) is 13.1. The molecule has 4 heteroatoms. The maximum Gasteiger partial charge on any atom is 0.254 e. The van der Waals surface area contributed by atoms with Crippen LogP contribution in [0.3, 0.4) is 0 Å². The summed E-state index contributed by atoms with van der Waals surface area (Å²) in [5, 5.41) is 10.3. The number of benzene rings is 1. The molecule has 1 aliphatic rings. The molecule has 1 unspecified atom stereocenters. The molecule has 18 heavy (non-hydrogen) atoms. The normalized spacial score (nSPS) is 19.9. The number of carbonyl (C=O) groups is 1. The molecular weight excluding hydrogens is 294 g/mol. The number of nitrogens with zero attached hydrogens (tertiary/aromatic N) is 1. The van der Waals surface area contributed by atoms with Crippen molar-refractivity contribution in [3.05, 3.63) is 29.3 Å². The largest absolute Gasteiger partial charge is 0.508 e. The van der Waals surface area contributed by atoms with Crippen LogP contribution in [-0.2, 0) is 0 Å². The summed E-state index contributed by atoms with van der Waals surface area (Å²) in [6.07, 6.45) is 2.25. The Balaban J connectivity index is 2.15. The minimum Gasteiger partial charge on any atom is -0.508 e. The second kappa shape index (κ2) is 5.74. The number of phenols is 1. The standard InChI is InChI=1S/C14H18BrNO2/c1-10-7-12(17)4-5-13(10)14(18)16-6-2-3-11(8-15)9-16/h4-5,7,11,17H,2-3,6,8-9H2,1H3. The van der Waals surface area contributed by atoms with Gasteiger partial charge in [-0.05, 0) is 49.4 Å². The van der Waals surface area contributed by atoms with E-state index in [0.717, 1.165) is 30.4 Å². The first-order valence-electron chi connectivity index (χ1n) is 6.26. The molecule has 1 saturated heterocycles. The molecule has 1 aromatic rings. The minimum atomic E-state index is 0.0816. The summed E-state index contributed by atoms with van der Waals surface area (Å²) in [5.74, 6) is 0.847. The van der Waals surface area contributed by atoms with Gasteiger partial charge in [-0.3, -0.25) is 4.79 Å². The van der Waals surface area contributed by atoms with E-state index in [4.69, 9.17) is 0 Å². The first-order chi connectivity index (χ1) is 8.61. The number of hydrogen-bond donors (Lipinski definition) is 1. The van der Waals surface area contributed by atoms with Gasteiger partial charge >= 0.3 is 0 Å². The van der Waals surface area contributed by atoms with Crippen LogP contribution in [-0.4, -0.2) is 34.3 Å². The number of likely N-dealkylation sites (tertiary alicyclic amines) is 1. The maximum atomic E-state index is 12.4. The highest BCUT2D eigenvalue weighted by Crippen LogP contribution is 2.22. The number of carbonyl (C=O) groups excluding carboxylic acids is 1. The van der Waals surface area contributed by atoms with Crippen molar-refractivity contribution in [2.45, 2.75) is 19.8 Å². The van der Waals surface area contributed by atoms with Crippen molar-refractivity contribution in [1.82, 2.24) is 4.90 Å². The summed E-state index contributed by atoms with van der Waals surface area (Å²) in [4.78, 5) is 14.3. The number of hydrogen-bond acceptors (Lipinski definition) is 2. The lowest BCUT2D eigenvalue weighted by molar-refractivity contribution is 0.0685. The second-order valence-electron chi connectivity index (χ2n) is 4.91. The molecular formula is C14H18BrNO2. The molecule has 1 heterocycles. The van der Waals surface area contributed by atoms with Crippen LogP contribution >= 0.6 is 15.9 Å². The van der Waals surface area contributed by atoms with Crippen molar-refractivity contribution in [3.63, 3.8) is 0 Å². The van der Waals surface area contributed by atoms with Gasteiger partial charge in [-0.2, -0.15) is 0 Å². The molecule has 0 spiro atoms. The molecule has 1 amide bonds. The van der Waals surface area contributed by atoms with Gasteiger partial charge in [0, 0.05) is 24.0 Å². The third-order valence-corrected chi connectivity index (χ3v) is 4.38. The fourth-order valence-corrected chi connectivity index (χ4v) is 2.96. The van der Waals surface area contributed by atoms with Crippen molar-refractivity contribution < 1.29 is 9.90 Å². The predicted octanol–water partition coefficient (Wildman–Crippen LogP) is 2.95. The van der Waals surface area contributed by atoms with Gasteiger partial charge in [0.1, 0.15) is 5.75 Å². The van der Waals surface area contributed by atoms with Crippen molar-refractivity contribution >= 4 is 21.8 Å². The average molecular weight is 312 g/mol. The lowest BCUT2D eigenvalue weighted by Gasteiger charge is -2.32. The van der Waals surface area contributed by atoms with Crippen LogP contribution in [0.5, 0.6) is 5.75 Å². The van der Waals surface area contributed by atoms with Crippen LogP contribution < -0.4 is 0 Å². The Bertz CT molecular complexity index is 447. The summed E-state index contributed by atoms with van der Waals surface area (Å²) < 4.78 is 0. The van der Waals surface area contributed by atoms with Gasteiger partial charge in [0.15, 0.2) is 0 Å². The molecule has 1 atom stereocenters. The van der Waals surface area contributed by atoms with Gasteiger partial charge in [-0.25, -0.2) is 0 Å². The van der Waals surface area contributed by atoms with E-state index >= 15 is 0 Å². The predicted molar refractivity (Wildman–Crippen MR) is 75.3 cm³/mol. The average Bonchev–Trinajstić information content (AvgIpc) is 2.38. The number of piperidine rings is 1. The molecule has 98 valence electrons. The van der Waals surface area contributed by atoms with E-state index in [1.165, 1.54) is 6.42 Å². The first kappa shape index (κ1) is 13.4. The highest BCUT2D eigenvalue weighted by molar-refractivity contribution is 9.09. The monoisotopic (exact) mass is 311 g/mol. The zero-order valence-electron chi connectivity index (χ0n) is 10.5. The van der Waals surface area contributed by atoms with Crippen molar-refractivity contribution in [2.24, 2.45) is 5.92 Å². The van der Waals surface area contributed by atoms with Crippen LogP contribution in [0.1, 0.15) is 28.8 Å². The molecule has 0 aliphatic carbocycles. The lowest BCUT2D eigenvalue weighted by Crippen LogP contribution is -2.40. The summed E-state index contributed by atoms with van der Waals surface area (Å²) in [5.41, 5.74) is 1.53. The Hall–Kier alpha value is -1.03. The number of amides is 1. The van der Waals surface area contributed by atoms with E-state index in [0.29, 0.717) is 11.5 Å². The summed E-state index contributed by atoms with van der Waals surface area (Å²) in [6, 6.07) is 4.93. The highest BCUT2D eigenvalue weighted by atomic mass is 79.9. The Morgan fingerprint density at radius 1 is 1.56 bits per heavy atom. The van der Waals surface area contributed by atoms with E-state index < -0.39 is 0 Å². The van der Waals surface area contributed by atoms with Gasteiger partial charge in [0.2, 0.25) is 0 Å². The molecule has 1 fully saturated rings. The van der Waals surface area contributed by atoms with Gasteiger partial charge < -0.3 is 10.0 Å². The summed E-state index contributed by atoms with van der Waals surface area (Å²) in [7, 11) is 0. The van der Waals surface area contributed by atoms with Crippen LogP contribution in [0.4, 0.5) is 0 Å². The van der Waals surface area contributed by atoms with E-state index in [9.17, 15) is 9.90 Å². The highest BCUT2D eigenvalue weighted by Gasteiger charge is 2.24. The topological polar surface area (TPSA) is 40.5 Å².